The van der Waals surface area contributed by atoms with E-state index in [2.05, 4.69) is 21.9 Å². The van der Waals surface area contributed by atoms with Gasteiger partial charge in [-0.1, -0.05) is 48.5 Å². The molecule has 1 atom stereocenters. The molecule has 5 rings (SSSR count). The van der Waals surface area contributed by atoms with E-state index >= 15 is 0 Å². The number of β-amino-alcohol motifs (C(OH)–C–C–N with tert-alkyl or cyclic N) is 1. The van der Waals surface area contributed by atoms with Crippen LogP contribution in [0.5, 0.6) is 5.75 Å². The van der Waals surface area contributed by atoms with Gasteiger partial charge in [0, 0.05) is 16.9 Å². The molecule has 3 aromatic rings. The van der Waals surface area contributed by atoms with Crippen LogP contribution in [-0.4, -0.2) is 24.4 Å². The van der Waals surface area contributed by atoms with Crippen LogP contribution in [0.4, 0.5) is 11.4 Å². The van der Waals surface area contributed by atoms with Gasteiger partial charge in [0.15, 0.2) is 5.72 Å². The van der Waals surface area contributed by atoms with E-state index in [0.29, 0.717) is 19.3 Å². The standard InChI is InChI=1S/C24H24N2O2/c27-24(19-11-13-22(14-12-19)28-23-15-16-23)17-25(20-7-3-1-4-8-20)18-26(24)21-9-5-2-6-10-21/h1-14,23,27H,15-18H2. The first kappa shape index (κ1) is 17.1. The van der Waals surface area contributed by atoms with Crippen LogP contribution < -0.4 is 14.5 Å². The van der Waals surface area contributed by atoms with Crippen LogP contribution in [0.25, 0.3) is 0 Å². The van der Waals surface area contributed by atoms with Crippen molar-refractivity contribution in [1.82, 2.24) is 0 Å². The Morgan fingerprint density at radius 2 is 1.39 bits per heavy atom. The van der Waals surface area contributed by atoms with Crippen molar-refractivity contribution >= 4 is 11.4 Å². The maximum Gasteiger partial charge on any atom is 0.183 e. The summed E-state index contributed by atoms with van der Waals surface area (Å²) in [5.74, 6) is 0.874. The van der Waals surface area contributed by atoms with Gasteiger partial charge in [-0.2, -0.15) is 0 Å². The summed E-state index contributed by atoms with van der Waals surface area (Å²) in [7, 11) is 0. The SMILES string of the molecule is OC1(c2ccc(OC3CC3)cc2)CN(c2ccccc2)CN1c1ccccc1. The van der Waals surface area contributed by atoms with Crippen molar-refractivity contribution < 1.29 is 9.84 Å². The average Bonchev–Trinajstić information content (AvgIpc) is 3.49. The van der Waals surface area contributed by atoms with Gasteiger partial charge in [0.2, 0.25) is 0 Å². The number of hydrogen-bond acceptors (Lipinski definition) is 4. The zero-order valence-corrected chi connectivity index (χ0v) is 15.7. The van der Waals surface area contributed by atoms with Crippen molar-refractivity contribution in [1.29, 1.82) is 0 Å². The normalized spacial score (nSPS) is 21.8. The molecule has 2 aliphatic rings. The zero-order valence-electron chi connectivity index (χ0n) is 15.7. The third kappa shape index (κ3) is 3.20. The van der Waals surface area contributed by atoms with Gasteiger partial charge in [-0.3, -0.25) is 0 Å². The van der Waals surface area contributed by atoms with Crippen molar-refractivity contribution in [2.75, 3.05) is 23.0 Å². The highest BCUT2D eigenvalue weighted by Crippen LogP contribution is 2.39. The highest BCUT2D eigenvalue weighted by Gasteiger charge is 2.45. The van der Waals surface area contributed by atoms with E-state index in [1.54, 1.807) is 0 Å². The molecule has 0 amide bonds. The molecular weight excluding hydrogens is 348 g/mol. The van der Waals surface area contributed by atoms with Crippen molar-refractivity contribution in [2.45, 2.75) is 24.7 Å². The van der Waals surface area contributed by atoms with E-state index in [4.69, 9.17) is 4.74 Å². The maximum absolute atomic E-state index is 11.8. The Balaban J connectivity index is 1.49. The minimum absolute atomic E-state index is 0.370. The third-order valence-electron chi connectivity index (χ3n) is 5.50. The molecule has 0 aromatic heterocycles. The number of nitrogens with zero attached hydrogens (tertiary/aromatic N) is 2. The molecule has 142 valence electrons. The van der Waals surface area contributed by atoms with Crippen molar-refractivity contribution in [3.05, 3.63) is 90.5 Å². The maximum atomic E-state index is 11.8. The molecule has 3 aromatic carbocycles. The monoisotopic (exact) mass is 372 g/mol. The third-order valence-corrected chi connectivity index (χ3v) is 5.50. The summed E-state index contributed by atoms with van der Waals surface area (Å²) in [6, 6.07) is 28.3. The Kier molecular flexibility index (Phi) is 4.21. The Morgan fingerprint density at radius 3 is 2.00 bits per heavy atom. The highest BCUT2D eigenvalue weighted by molar-refractivity contribution is 5.59. The fourth-order valence-corrected chi connectivity index (χ4v) is 3.83. The lowest BCUT2D eigenvalue weighted by Crippen LogP contribution is -2.43. The molecular formula is C24H24N2O2. The van der Waals surface area contributed by atoms with Crippen LogP contribution in [-0.2, 0) is 5.72 Å². The van der Waals surface area contributed by atoms with Gasteiger partial charge in [-0.05, 0) is 49.2 Å². The first-order valence-corrected chi connectivity index (χ1v) is 9.85. The average molecular weight is 372 g/mol. The van der Waals surface area contributed by atoms with Crippen molar-refractivity contribution in [3.63, 3.8) is 0 Å². The lowest BCUT2D eigenvalue weighted by Gasteiger charge is -2.34. The molecule has 1 unspecified atom stereocenters. The zero-order chi connectivity index (χ0) is 19.0. The molecule has 4 heteroatoms. The lowest BCUT2D eigenvalue weighted by atomic mass is 10.0. The second kappa shape index (κ2) is 6.88. The smallest absolute Gasteiger partial charge is 0.183 e. The molecule has 4 nitrogen and oxygen atoms in total. The molecule has 1 N–H and O–H groups in total. The molecule has 1 aliphatic heterocycles. The Morgan fingerprint density at radius 1 is 0.786 bits per heavy atom. The van der Waals surface area contributed by atoms with Crippen LogP contribution >= 0.6 is 0 Å². The van der Waals surface area contributed by atoms with Crippen molar-refractivity contribution in [3.8, 4) is 5.75 Å². The van der Waals surface area contributed by atoms with Gasteiger partial charge >= 0.3 is 0 Å². The number of aliphatic hydroxyl groups is 1. The topological polar surface area (TPSA) is 35.9 Å². The number of para-hydroxylation sites is 2. The predicted octanol–water partition coefficient (Wildman–Crippen LogP) is 4.36. The van der Waals surface area contributed by atoms with Gasteiger partial charge in [0.25, 0.3) is 0 Å². The first-order valence-electron chi connectivity index (χ1n) is 9.85. The summed E-state index contributed by atoms with van der Waals surface area (Å²) in [6.45, 7) is 1.11. The number of anilines is 2. The van der Waals surface area contributed by atoms with Crippen LogP contribution in [0.2, 0.25) is 0 Å². The summed E-state index contributed by atoms with van der Waals surface area (Å²) >= 11 is 0. The highest BCUT2D eigenvalue weighted by atomic mass is 16.5. The van der Waals surface area contributed by atoms with Gasteiger partial charge in [-0.15, -0.1) is 0 Å². The van der Waals surface area contributed by atoms with E-state index in [-0.39, 0.29) is 0 Å². The number of ether oxygens (including phenoxy) is 1. The van der Waals surface area contributed by atoms with Crippen LogP contribution in [0.15, 0.2) is 84.9 Å². The van der Waals surface area contributed by atoms with E-state index in [1.165, 1.54) is 0 Å². The minimum atomic E-state index is -1.12. The summed E-state index contributed by atoms with van der Waals surface area (Å²) in [6.07, 6.45) is 2.65. The minimum Gasteiger partial charge on any atom is -0.490 e. The van der Waals surface area contributed by atoms with Gasteiger partial charge in [0.1, 0.15) is 5.75 Å². The quantitative estimate of drug-likeness (QED) is 0.722. The largest absolute Gasteiger partial charge is 0.490 e. The molecule has 0 bridgehead atoms. The van der Waals surface area contributed by atoms with Gasteiger partial charge in [0.05, 0.1) is 19.3 Å². The second-order valence-electron chi connectivity index (χ2n) is 7.60. The van der Waals surface area contributed by atoms with E-state index in [9.17, 15) is 5.11 Å². The number of hydrogen-bond donors (Lipinski definition) is 1. The molecule has 28 heavy (non-hydrogen) atoms. The molecule has 0 spiro atoms. The van der Waals surface area contributed by atoms with E-state index < -0.39 is 5.72 Å². The van der Waals surface area contributed by atoms with Crippen LogP contribution in [0.1, 0.15) is 18.4 Å². The summed E-state index contributed by atoms with van der Waals surface area (Å²) in [5.41, 5.74) is 1.86. The predicted molar refractivity (Wildman–Crippen MR) is 112 cm³/mol. The second-order valence-corrected chi connectivity index (χ2v) is 7.60. The number of rotatable bonds is 5. The summed E-state index contributed by atoms with van der Waals surface area (Å²) in [5, 5.41) is 11.8. The summed E-state index contributed by atoms with van der Waals surface area (Å²) in [4.78, 5) is 4.28. The molecule has 1 saturated heterocycles. The lowest BCUT2D eigenvalue weighted by molar-refractivity contribution is 0.0629. The van der Waals surface area contributed by atoms with E-state index in [0.717, 1.165) is 35.5 Å². The van der Waals surface area contributed by atoms with Gasteiger partial charge in [-0.25, -0.2) is 0 Å². The Labute approximate surface area is 165 Å². The molecule has 1 heterocycles. The number of benzene rings is 3. The van der Waals surface area contributed by atoms with Crippen LogP contribution in [0, 0.1) is 0 Å². The fourth-order valence-electron chi connectivity index (χ4n) is 3.83. The molecule has 1 saturated carbocycles. The molecule has 0 radical (unpaired) electrons. The summed E-state index contributed by atoms with van der Waals surface area (Å²) < 4.78 is 5.87. The van der Waals surface area contributed by atoms with Gasteiger partial charge < -0.3 is 19.6 Å². The molecule has 2 fully saturated rings. The Bertz CT molecular complexity index is 926. The van der Waals surface area contributed by atoms with E-state index in [1.807, 2.05) is 72.8 Å². The van der Waals surface area contributed by atoms with Crippen molar-refractivity contribution in [2.24, 2.45) is 0 Å². The fraction of sp³-hybridized carbons (Fsp3) is 0.250. The first-order chi connectivity index (χ1) is 13.7. The molecule has 1 aliphatic carbocycles. The Hall–Kier alpha value is -2.98. The van der Waals surface area contributed by atoms with Crippen LogP contribution in [0.3, 0.4) is 0 Å².